The highest BCUT2D eigenvalue weighted by Gasteiger charge is 2.30. The van der Waals surface area contributed by atoms with Crippen LogP contribution in [0.25, 0.3) is 0 Å². The molecular formula is C10H22N2OS. The summed E-state index contributed by atoms with van der Waals surface area (Å²) in [5.74, 6) is 0.709. The van der Waals surface area contributed by atoms with Crippen molar-refractivity contribution in [3.05, 3.63) is 0 Å². The van der Waals surface area contributed by atoms with Gasteiger partial charge in [0.1, 0.15) is 9.92 Å². The van der Waals surface area contributed by atoms with Gasteiger partial charge in [-0.15, -0.1) is 0 Å². The first-order chi connectivity index (χ1) is 6.21. The fourth-order valence-corrected chi connectivity index (χ4v) is 2.98. The van der Waals surface area contributed by atoms with E-state index in [1.807, 2.05) is 4.31 Å². The molecule has 1 unspecified atom stereocenters. The first-order valence-electron chi connectivity index (χ1n) is 5.20. The average molecular weight is 218 g/mol. The van der Waals surface area contributed by atoms with Crippen molar-refractivity contribution in [1.29, 1.82) is 4.78 Å². The van der Waals surface area contributed by atoms with E-state index in [1.54, 1.807) is 0 Å². The van der Waals surface area contributed by atoms with Gasteiger partial charge in [-0.25, -0.2) is 13.3 Å². The Hall–Kier alpha value is -0.0900. The molecule has 0 bridgehead atoms. The molecule has 0 radical (unpaired) electrons. The quantitative estimate of drug-likeness (QED) is 0.721. The van der Waals surface area contributed by atoms with Crippen molar-refractivity contribution in [2.75, 3.05) is 19.3 Å². The Bertz CT molecular complexity index is 282. The average Bonchev–Trinajstić information content (AvgIpc) is 2.01. The summed E-state index contributed by atoms with van der Waals surface area (Å²) in [5, 5.41) is 0. The number of nitrogens with zero attached hydrogens (tertiary/aromatic N) is 1. The Morgan fingerprint density at radius 3 is 2.00 bits per heavy atom. The van der Waals surface area contributed by atoms with Crippen molar-refractivity contribution < 1.29 is 4.21 Å². The number of hydrogen-bond donors (Lipinski definition) is 1. The van der Waals surface area contributed by atoms with Crippen LogP contribution in [0.2, 0.25) is 0 Å². The van der Waals surface area contributed by atoms with Crippen molar-refractivity contribution in [1.82, 2.24) is 4.31 Å². The molecule has 1 aliphatic rings. The predicted molar refractivity (Wildman–Crippen MR) is 60.5 cm³/mol. The van der Waals surface area contributed by atoms with Gasteiger partial charge in [0.25, 0.3) is 0 Å². The summed E-state index contributed by atoms with van der Waals surface area (Å²) in [4.78, 5) is 0. The normalized spacial score (nSPS) is 26.0. The zero-order valence-electron chi connectivity index (χ0n) is 9.67. The SMILES string of the molecule is CC(C)(C)C1CCN(S(C)(=N)=O)CC1. The summed E-state index contributed by atoms with van der Waals surface area (Å²) in [7, 11) is -2.46. The minimum absolute atomic E-state index is 0.350. The molecule has 0 aromatic heterocycles. The maximum absolute atomic E-state index is 11.5. The maximum Gasteiger partial charge on any atom is 0.104 e. The summed E-state index contributed by atoms with van der Waals surface area (Å²) in [5.41, 5.74) is 0.350. The third kappa shape index (κ3) is 2.95. The smallest absolute Gasteiger partial charge is 0.104 e. The maximum atomic E-state index is 11.5. The monoisotopic (exact) mass is 218 g/mol. The van der Waals surface area contributed by atoms with E-state index in [0.29, 0.717) is 11.3 Å². The standard InChI is InChI=1S/C10H22N2OS/c1-10(2,3)9-5-7-12(8-6-9)14(4,11)13/h9,11H,5-8H2,1-4H3. The molecule has 14 heavy (non-hydrogen) atoms. The second-order valence-corrected chi connectivity index (χ2v) is 7.49. The van der Waals surface area contributed by atoms with Crippen LogP contribution < -0.4 is 0 Å². The summed E-state index contributed by atoms with van der Waals surface area (Å²) < 4.78 is 20.8. The van der Waals surface area contributed by atoms with Crippen LogP contribution in [-0.4, -0.2) is 27.9 Å². The molecule has 84 valence electrons. The van der Waals surface area contributed by atoms with E-state index in [9.17, 15) is 4.21 Å². The summed E-state index contributed by atoms with van der Waals surface area (Å²) >= 11 is 0. The highest BCUT2D eigenvalue weighted by Crippen LogP contribution is 2.34. The van der Waals surface area contributed by atoms with Gasteiger partial charge >= 0.3 is 0 Å². The molecule has 3 nitrogen and oxygen atoms in total. The molecule has 0 saturated carbocycles. The van der Waals surface area contributed by atoms with Gasteiger partial charge in [0.15, 0.2) is 0 Å². The van der Waals surface area contributed by atoms with Crippen LogP contribution in [0.4, 0.5) is 0 Å². The van der Waals surface area contributed by atoms with E-state index in [1.165, 1.54) is 6.26 Å². The van der Waals surface area contributed by atoms with E-state index in [-0.39, 0.29) is 0 Å². The van der Waals surface area contributed by atoms with Crippen LogP contribution in [-0.2, 0) is 9.92 Å². The second kappa shape index (κ2) is 3.81. The third-order valence-electron chi connectivity index (χ3n) is 3.17. The van der Waals surface area contributed by atoms with Gasteiger partial charge in [-0.05, 0) is 24.2 Å². The summed E-state index contributed by atoms with van der Waals surface area (Å²) in [6.45, 7) is 8.42. The van der Waals surface area contributed by atoms with Crippen LogP contribution in [0.15, 0.2) is 0 Å². The lowest BCUT2D eigenvalue weighted by Crippen LogP contribution is -2.40. The molecule has 4 heteroatoms. The van der Waals surface area contributed by atoms with E-state index in [0.717, 1.165) is 25.9 Å². The molecule has 0 aliphatic carbocycles. The van der Waals surface area contributed by atoms with Gasteiger partial charge in [0, 0.05) is 19.3 Å². The van der Waals surface area contributed by atoms with Gasteiger partial charge in [0.2, 0.25) is 0 Å². The molecule has 0 amide bonds. The fraction of sp³-hybridized carbons (Fsp3) is 1.00. The number of rotatable bonds is 1. The minimum Gasteiger partial charge on any atom is -0.240 e. The lowest BCUT2D eigenvalue weighted by atomic mass is 9.76. The Morgan fingerprint density at radius 2 is 1.71 bits per heavy atom. The van der Waals surface area contributed by atoms with Gasteiger partial charge in [-0.2, -0.15) is 0 Å². The molecule has 1 heterocycles. The van der Waals surface area contributed by atoms with Crippen LogP contribution in [0.5, 0.6) is 0 Å². The Labute approximate surface area is 88.0 Å². The second-order valence-electron chi connectivity index (χ2n) is 5.37. The summed E-state index contributed by atoms with van der Waals surface area (Å²) in [6.07, 6.45) is 3.67. The zero-order chi connectivity index (χ0) is 11.0. The van der Waals surface area contributed by atoms with Gasteiger partial charge in [0.05, 0.1) is 0 Å². The molecule has 1 fully saturated rings. The molecule has 0 aromatic rings. The van der Waals surface area contributed by atoms with E-state index < -0.39 is 9.92 Å². The van der Waals surface area contributed by atoms with Crippen LogP contribution in [0, 0.1) is 16.1 Å². The summed E-state index contributed by atoms with van der Waals surface area (Å²) in [6, 6.07) is 0. The van der Waals surface area contributed by atoms with Gasteiger partial charge in [-0.1, -0.05) is 20.8 Å². The molecule has 1 rings (SSSR count). The highest BCUT2D eigenvalue weighted by atomic mass is 32.2. The highest BCUT2D eigenvalue weighted by molar-refractivity contribution is 7.89. The number of piperidine rings is 1. The predicted octanol–water partition coefficient (Wildman–Crippen LogP) is 2.34. The third-order valence-corrected chi connectivity index (χ3v) is 4.52. The Balaban J connectivity index is 2.56. The van der Waals surface area contributed by atoms with Crippen molar-refractivity contribution in [2.24, 2.45) is 11.3 Å². The molecule has 0 aromatic carbocycles. The Morgan fingerprint density at radius 1 is 1.29 bits per heavy atom. The molecule has 1 N–H and O–H groups in total. The number of nitrogens with one attached hydrogen (secondary N) is 1. The fourth-order valence-electron chi connectivity index (χ4n) is 2.07. The first-order valence-corrected chi connectivity index (χ1v) is 7.12. The topological polar surface area (TPSA) is 44.2 Å². The zero-order valence-corrected chi connectivity index (χ0v) is 10.5. The van der Waals surface area contributed by atoms with Crippen molar-refractivity contribution in [2.45, 2.75) is 33.6 Å². The van der Waals surface area contributed by atoms with E-state index in [2.05, 4.69) is 20.8 Å². The van der Waals surface area contributed by atoms with Crippen LogP contribution in [0.3, 0.4) is 0 Å². The van der Waals surface area contributed by atoms with Gasteiger partial charge < -0.3 is 0 Å². The lowest BCUT2D eigenvalue weighted by Gasteiger charge is -2.38. The molecule has 1 aliphatic heterocycles. The molecular weight excluding hydrogens is 196 g/mol. The first kappa shape index (κ1) is 12.0. The van der Waals surface area contributed by atoms with Crippen LogP contribution in [0.1, 0.15) is 33.6 Å². The Kier molecular flexibility index (Phi) is 3.26. The molecule has 1 atom stereocenters. The lowest BCUT2D eigenvalue weighted by molar-refractivity contribution is 0.156. The van der Waals surface area contributed by atoms with E-state index in [4.69, 9.17) is 4.78 Å². The molecule has 0 spiro atoms. The van der Waals surface area contributed by atoms with Crippen molar-refractivity contribution in [3.63, 3.8) is 0 Å². The van der Waals surface area contributed by atoms with Gasteiger partial charge in [-0.3, -0.25) is 0 Å². The largest absolute Gasteiger partial charge is 0.240 e. The molecule has 1 saturated heterocycles. The van der Waals surface area contributed by atoms with Crippen molar-refractivity contribution >= 4 is 9.92 Å². The van der Waals surface area contributed by atoms with Crippen molar-refractivity contribution in [3.8, 4) is 0 Å². The van der Waals surface area contributed by atoms with E-state index >= 15 is 0 Å². The number of hydrogen-bond acceptors (Lipinski definition) is 2. The minimum atomic E-state index is -2.46. The van der Waals surface area contributed by atoms with Crippen LogP contribution >= 0.6 is 0 Å².